The van der Waals surface area contributed by atoms with Crippen molar-refractivity contribution in [3.8, 4) is 6.07 Å². The standard InChI is InChI=1S/C23H21ClN4O3S/c1-16-6-5-13-28-21(16)26-22(27-11-3-2-4-12-27)20(23(28)29)14-19(15-25)32(30,31)18-9-7-17(24)8-10-18/h5-10,13-14H,2-4,11-12H2,1H3/b19-14-. The van der Waals surface area contributed by atoms with E-state index in [0.29, 0.717) is 29.6 Å². The summed E-state index contributed by atoms with van der Waals surface area (Å²) in [6, 6.07) is 10.9. The fraction of sp³-hybridized carbons (Fsp3) is 0.261. The number of aromatic nitrogens is 2. The first-order valence-electron chi connectivity index (χ1n) is 10.2. The quantitative estimate of drug-likeness (QED) is 0.537. The minimum atomic E-state index is -4.14. The Morgan fingerprint density at radius 1 is 1.16 bits per heavy atom. The van der Waals surface area contributed by atoms with E-state index in [9.17, 15) is 18.5 Å². The monoisotopic (exact) mass is 468 g/mol. The molecule has 0 amide bonds. The molecule has 0 aliphatic carbocycles. The van der Waals surface area contributed by atoms with Crippen molar-refractivity contribution in [1.82, 2.24) is 9.38 Å². The maximum Gasteiger partial charge on any atom is 0.267 e. The summed E-state index contributed by atoms with van der Waals surface area (Å²) in [5.41, 5.74) is 1.00. The second-order valence-corrected chi connectivity index (χ2v) is 10.0. The van der Waals surface area contributed by atoms with E-state index in [1.807, 2.05) is 17.9 Å². The average Bonchev–Trinajstić information content (AvgIpc) is 2.79. The zero-order valence-corrected chi connectivity index (χ0v) is 19.0. The number of fused-ring (bicyclic) bond motifs is 1. The number of nitrogens with zero attached hydrogens (tertiary/aromatic N) is 4. The highest BCUT2D eigenvalue weighted by atomic mass is 35.5. The van der Waals surface area contributed by atoms with Gasteiger partial charge in [-0.3, -0.25) is 9.20 Å². The van der Waals surface area contributed by atoms with Crippen LogP contribution in [0.4, 0.5) is 5.82 Å². The summed E-state index contributed by atoms with van der Waals surface area (Å²) in [7, 11) is -4.14. The SMILES string of the molecule is Cc1cccn2c(=O)c(/C=C(/C#N)S(=O)(=O)c3ccc(Cl)cc3)c(N3CCCCC3)nc12. The van der Waals surface area contributed by atoms with Gasteiger partial charge in [0.1, 0.15) is 22.4 Å². The van der Waals surface area contributed by atoms with Gasteiger partial charge in [-0.15, -0.1) is 0 Å². The number of allylic oxidation sites excluding steroid dienone is 1. The fourth-order valence-electron chi connectivity index (χ4n) is 3.82. The van der Waals surface area contributed by atoms with Crippen molar-refractivity contribution < 1.29 is 8.42 Å². The van der Waals surface area contributed by atoms with Gasteiger partial charge in [-0.2, -0.15) is 5.26 Å². The largest absolute Gasteiger partial charge is 0.356 e. The summed E-state index contributed by atoms with van der Waals surface area (Å²) < 4.78 is 27.6. The maximum absolute atomic E-state index is 13.4. The van der Waals surface area contributed by atoms with E-state index in [0.717, 1.165) is 30.9 Å². The molecule has 4 rings (SSSR count). The van der Waals surface area contributed by atoms with Gasteiger partial charge in [-0.05, 0) is 68.2 Å². The van der Waals surface area contributed by atoms with E-state index in [1.165, 1.54) is 28.7 Å². The van der Waals surface area contributed by atoms with Crippen molar-refractivity contribution in [1.29, 1.82) is 5.26 Å². The molecule has 1 aliphatic heterocycles. The Balaban J connectivity index is 1.96. The number of hydrogen-bond donors (Lipinski definition) is 0. The van der Waals surface area contributed by atoms with E-state index >= 15 is 0 Å². The minimum Gasteiger partial charge on any atom is -0.356 e. The van der Waals surface area contributed by atoms with Gasteiger partial charge in [-0.25, -0.2) is 13.4 Å². The van der Waals surface area contributed by atoms with E-state index in [2.05, 4.69) is 0 Å². The number of rotatable bonds is 4. The van der Waals surface area contributed by atoms with Crippen molar-refractivity contribution in [2.75, 3.05) is 18.0 Å². The molecule has 0 saturated carbocycles. The highest BCUT2D eigenvalue weighted by molar-refractivity contribution is 7.95. The lowest BCUT2D eigenvalue weighted by Crippen LogP contribution is -2.33. The lowest BCUT2D eigenvalue weighted by Gasteiger charge is -2.29. The third kappa shape index (κ3) is 4.01. The summed E-state index contributed by atoms with van der Waals surface area (Å²) in [6.45, 7) is 3.28. The molecule has 0 radical (unpaired) electrons. The Hall–Kier alpha value is -3.15. The van der Waals surface area contributed by atoms with Crippen LogP contribution in [-0.2, 0) is 9.84 Å². The predicted octanol–water partition coefficient (Wildman–Crippen LogP) is 3.99. The average molecular weight is 469 g/mol. The molecule has 9 heteroatoms. The van der Waals surface area contributed by atoms with Crippen LogP contribution in [0.15, 0.2) is 57.2 Å². The molecule has 1 aliphatic rings. The van der Waals surface area contributed by atoms with Crippen LogP contribution in [0.3, 0.4) is 0 Å². The second-order valence-electron chi connectivity index (χ2n) is 7.66. The van der Waals surface area contributed by atoms with Crippen molar-refractivity contribution in [3.63, 3.8) is 0 Å². The molecule has 2 aromatic heterocycles. The van der Waals surface area contributed by atoms with Crippen LogP contribution in [0.2, 0.25) is 5.02 Å². The Morgan fingerprint density at radius 3 is 2.50 bits per heavy atom. The summed E-state index contributed by atoms with van der Waals surface area (Å²) in [6.07, 6.45) is 5.73. The van der Waals surface area contributed by atoms with Crippen LogP contribution >= 0.6 is 11.6 Å². The normalized spacial score (nSPS) is 15.0. The Kier molecular flexibility index (Phi) is 6.04. The molecule has 0 atom stereocenters. The molecule has 32 heavy (non-hydrogen) atoms. The van der Waals surface area contributed by atoms with Crippen LogP contribution in [0, 0.1) is 18.3 Å². The van der Waals surface area contributed by atoms with Crippen molar-refractivity contribution in [2.24, 2.45) is 0 Å². The van der Waals surface area contributed by atoms with Crippen molar-refractivity contribution in [2.45, 2.75) is 31.1 Å². The summed E-state index contributed by atoms with van der Waals surface area (Å²) in [4.78, 5) is 19.6. The van der Waals surface area contributed by atoms with Crippen LogP contribution in [-0.4, -0.2) is 30.9 Å². The first-order valence-corrected chi connectivity index (χ1v) is 12.1. The Morgan fingerprint density at radius 2 is 1.84 bits per heavy atom. The molecule has 1 saturated heterocycles. The molecule has 0 N–H and O–H groups in total. The first kappa shape index (κ1) is 22.1. The lowest BCUT2D eigenvalue weighted by atomic mass is 10.1. The predicted molar refractivity (Wildman–Crippen MR) is 124 cm³/mol. The Labute approximate surface area is 191 Å². The van der Waals surface area contributed by atoms with Gasteiger partial charge in [0.25, 0.3) is 5.56 Å². The number of sulfone groups is 1. The number of nitriles is 1. The van der Waals surface area contributed by atoms with E-state index < -0.39 is 20.3 Å². The molecular weight excluding hydrogens is 448 g/mol. The third-order valence-corrected chi connectivity index (χ3v) is 7.45. The summed E-state index contributed by atoms with van der Waals surface area (Å²) in [5, 5.41) is 10.1. The number of benzene rings is 1. The molecule has 7 nitrogen and oxygen atoms in total. The molecule has 0 unspecified atom stereocenters. The smallest absolute Gasteiger partial charge is 0.267 e. The van der Waals surface area contributed by atoms with Gasteiger partial charge < -0.3 is 4.90 Å². The number of hydrogen-bond acceptors (Lipinski definition) is 6. The second kappa shape index (κ2) is 8.77. The molecule has 0 bridgehead atoms. The summed E-state index contributed by atoms with van der Waals surface area (Å²) in [5.74, 6) is 0.406. The minimum absolute atomic E-state index is 0.0704. The third-order valence-electron chi connectivity index (χ3n) is 5.52. The molecule has 1 fully saturated rings. The first-order chi connectivity index (χ1) is 15.3. The number of aryl methyl sites for hydroxylation is 1. The summed E-state index contributed by atoms with van der Waals surface area (Å²) >= 11 is 5.87. The van der Waals surface area contributed by atoms with Gasteiger partial charge >= 0.3 is 0 Å². The highest BCUT2D eigenvalue weighted by Gasteiger charge is 2.25. The number of halogens is 1. The lowest BCUT2D eigenvalue weighted by molar-refractivity contribution is 0.573. The number of anilines is 1. The zero-order valence-electron chi connectivity index (χ0n) is 17.5. The van der Waals surface area contributed by atoms with E-state index in [-0.39, 0.29) is 10.5 Å². The van der Waals surface area contributed by atoms with Gasteiger partial charge in [-0.1, -0.05) is 17.7 Å². The molecule has 164 valence electrons. The van der Waals surface area contributed by atoms with E-state index in [1.54, 1.807) is 18.3 Å². The van der Waals surface area contributed by atoms with Gasteiger partial charge in [0.15, 0.2) is 0 Å². The zero-order chi connectivity index (χ0) is 22.9. The molecule has 1 aromatic carbocycles. The molecule has 3 heterocycles. The number of pyridine rings is 1. The van der Waals surface area contributed by atoms with Gasteiger partial charge in [0.2, 0.25) is 9.84 Å². The van der Waals surface area contributed by atoms with Crippen LogP contribution < -0.4 is 10.5 Å². The van der Waals surface area contributed by atoms with Gasteiger partial charge in [0, 0.05) is 24.3 Å². The van der Waals surface area contributed by atoms with Crippen molar-refractivity contribution >= 4 is 39.0 Å². The highest BCUT2D eigenvalue weighted by Crippen LogP contribution is 2.27. The molecule has 0 spiro atoms. The van der Waals surface area contributed by atoms with Gasteiger partial charge in [0.05, 0.1) is 10.5 Å². The van der Waals surface area contributed by atoms with Crippen LogP contribution in [0.1, 0.15) is 30.4 Å². The van der Waals surface area contributed by atoms with Crippen LogP contribution in [0.25, 0.3) is 11.7 Å². The number of piperidine rings is 1. The van der Waals surface area contributed by atoms with E-state index in [4.69, 9.17) is 16.6 Å². The van der Waals surface area contributed by atoms with Crippen LogP contribution in [0.5, 0.6) is 0 Å². The molecule has 3 aromatic rings. The molecular formula is C23H21ClN4O3S. The topological polar surface area (TPSA) is 95.5 Å². The maximum atomic E-state index is 13.4. The Bertz CT molecular complexity index is 1410. The fourth-order valence-corrected chi connectivity index (χ4v) is 5.08. The van der Waals surface area contributed by atoms with Crippen molar-refractivity contribution in [3.05, 3.63) is 74.0 Å².